The number of H-pyrrole nitrogens is 1. The molecule has 0 aliphatic heterocycles. The van der Waals surface area contributed by atoms with Crippen LogP contribution < -0.4 is 0 Å². The van der Waals surface area contributed by atoms with Crippen molar-refractivity contribution in [3.8, 4) is 0 Å². The van der Waals surface area contributed by atoms with Crippen LogP contribution in [0.4, 0.5) is 0 Å². The highest BCUT2D eigenvalue weighted by Crippen LogP contribution is 2.39. The van der Waals surface area contributed by atoms with Gasteiger partial charge in [0.15, 0.2) is 0 Å². The van der Waals surface area contributed by atoms with Gasteiger partial charge in [0.1, 0.15) is 11.2 Å². The predicted molar refractivity (Wildman–Crippen MR) is 106 cm³/mol. The molecule has 0 saturated carbocycles. The zero-order valence-corrected chi connectivity index (χ0v) is 14.4. The molecule has 0 unspecified atom stereocenters. The number of aryl methyl sites for hydroxylation is 1. The number of aromatic nitrogens is 1. The van der Waals surface area contributed by atoms with Crippen LogP contribution in [-0.2, 0) is 6.42 Å². The lowest BCUT2D eigenvalue weighted by atomic mass is 10.00. The Labute approximate surface area is 146 Å². The molecule has 2 aromatic heterocycles. The molecule has 0 spiro atoms. The molecule has 1 N–H and O–H groups in total. The fourth-order valence-corrected chi connectivity index (χ4v) is 4.02. The number of hydrogen-bond acceptors (Lipinski definition) is 1. The lowest BCUT2D eigenvalue weighted by Gasteiger charge is -2.04. The van der Waals surface area contributed by atoms with Gasteiger partial charge in [0.2, 0.25) is 0 Å². The molecule has 5 rings (SSSR count). The standard InChI is InChI=1S/C23H21NO/c1-2-3-4-9-15-14-18-16-10-5-7-12-19(16)24-22(18)21-17-11-6-8-13-20(17)25-23(15)21/h5-8,10-14,24H,2-4,9H2,1H3. The van der Waals surface area contributed by atoms with Gasteiger partial charge >= 0.3 is 0 Å². The number of hydrogen-bond donors (Lipinski definition) is 1. The molecule has 0 radical (unpaired) electrons. The van der Waals surface area contributed by atoms with Gasteiger partial charge in [0, 0.05) is 21.7 Å². The summed E-state index contributed by atoms with van der Waals surface area (Å²) in [5.74, 6) is 0. The number of benzene rings is 3. The zero-order valence-electron chi connectivity index (χ0n) is 14.4. The normalized spacial score (nSPS) is 12.0. The van der Waals surface area contributed by atoms with Crippen LogP contribution in [0.3, 0.4) is 0 Å². The lowest BCUT2D eigenvalue weighted by molar-refractivity contribution is 0.654. The Morgan fingerprint density at radius 2 is 1.68 bits per heavy atom. The number of nitrogens with one attached hydrogen (secondary N) is 1. The summed E-state index contributed by atoms with van der Waals surface area (Å²) >= 11 is 0. The topological polar surface area (TPSA) is 28.9 Å². The minimum absolute atomic E-state index is 0.973. The fourth-order valence-electron chi connectivity index (χ4n) is 4.02. The summed E-state index contributed by atoms with van der Waals surface area (Å²) in [6, 6.07) is 19.3. The van der Waals surface area contributed by atoms with Crippen LogP contribution in [0, 0.1) is 0 Å². The third-order valence-corrected chi connectivity index (χ3v) is 5.25. The van der Waals surface area contributed by atoms with Crippen molar-refractivity contribution in [2.45, 2.75) is 32.6 Å². The van der Waals surface area contributed by atoms with E-state index in [1.807, 2.05) is 6.07 Å². The fraction of sp³-hybridized carbons (Fsp3) is 0.217. The van der Waals surface area contributed by atoms with E-state index in [1.54, 1.807) is 0 Å². The number of fused-ring (bicyclic) bond motifs is 7. The van der Waals surface area contributed by atoms with Crippen LogP contribution in [0.1, 0.15) is 31.7 Å². The number of unbranched alkanes of at least 4 members (excludes halogenated alkanes) is 2. The minimum Gasteiger partial charge on any atom is -0.456 e. The Morgan fingerprint density at radius 3 is 2.56 bits per heavy atom. The minimum atomic E-state index is 0.973. The van der Waals surface area contributed by atoms with E-state index >= 15 is 0 Å². The van der Waals surface area contributed by atoms with Gasteiger partial charge in [-0.15, -0.1) is 0 Å². The van der Waals surface area contributed by atoms with E-state index in [-0.39, 0.29) is 0 Å². The summed E-state index contributed by atoms with van der Waals surface area (Å²) in [5, 5.41) is 5.03. The SMILES string of the molecule is CCCCCc1cc2c3ccccc3[nH]c2c2c1oc1ccccc12. The Morgan fingerprint density at radius 1 is 0.880 bits per heavy atom. The Bertz CT molecular complexity index is 1210. The second-order valence-corrected chi connectivity index (χ2v) is 6.89. The van der Waals surface area contributed by atoms with E-state index in [9.17, 15) is 0 Å². The highest BCUT2D eigenvalue weighted by molar-refractivity contribution is 6.24. The van der Waals surface area contributed by atoms with E-state index in [0.29, 0.717) is 0 Å². The first-order chi connectivity index (χ1) is 12.4. The number of para-hydroxylation sites is 2. The largest absolute Gasteiger partial charge is 0.456 e. The van der Waals surface area contributed by atoms with Crippen LogP contribution in [0.25, 0.3) is 43.7 Å². The van der Waals surface area contributed by atoms with Crippen molar-refractivity contribution < 1.29 is 4.42 Å². The molecule has 25 heavy (non-hydrogen) atoms. The van der Waals surface area contributed by atoms with Crippen LogP contribution in [0.5, 0.6) is 0 Å². The van der Waals surface area contributed by atoms with Crippen LogP contribution in [-0.4, -0.2) is 4.98 Å². The van der Waals surface area contributed by atoms with Crippen molar-refractivity contribution in [2.24, 2.45) is 0 Å². The van der Waals surface area contributed by atoms with E-state index in [4.69, 9.17) is 4.42 Å². The highest BCUT2D eigenvalue weighted by atomic mass is 16.3. The van der Waals surface area contributed by atoms with Crippen molar-refractivity contribution in [1.29, 1.82) is 0 Å². The summed E-state index contributed by atoms with van der Waals surface area (Å²) in [6.45, 7) is 2.25. The first-order valence-corrected chi connectivity index (χ1v) is 9.20. The third-order valence-electron chi connectivity index (χ3n) is 5.25. The molecular formula is C23H21NO. The molecule has 124 valence electrons. The van der Waals surface area contributed by atoms with Crippen molar-refractivity contribution in [3.05, 3.63) is 60.2 Å². The molecule has 0 atom stereocenters. The summed E-state index contributed by atoms with van der Waals surface area (Å²) < 4.78 is 6.30. The summed E-state index contributed by atoms with van der Waals surface area (Å²) in [7, 11) is 0. The van der Waals surface area contributed by atoms with Crippen molar-refractivity contribution in [3.63, 3.8) is 0 Å². The molecule has 2 nitrogen and oxygen atoms in total. The van der Waals surface area contributed by atoms with E-state index in [0.717, 1.165) is 17.6 Å². The zero-order chi connectivity index (χ0) is 16.8. The molecule has 5 aromatic rings. The van der Waals surface area contributed by atoms with E-state index in [2.05, 4.69) is 60.4 Å². The summed E-state index contributed by atoms with van der Waals surface area (Å²) in [6.07, 6.45) is 4.77. The molecule has 2 heteroatoms. The number of furan rings is 1. The maximum Gasteiger partial charge on any atom is 0.140 e. The molecule has 3 aromatic carbocycles. The van der Waals surface area contributed by atoms with Gasteiger partial charge in [0.05, 0.1) is 10.9 Å². The van der Waals surface area contributed by atoms with E-state index in [1.165, 1.54) is 57.4 Å². The van der Waals surface area contributed by atoms with Gasteiger partial charge in [-0.3, -0.25) is 0 Å². The van der Waals surface area contributed by atoms with Crippen LogP contribution >= 0.6 is 0 Å². The van der Waals surface area contributed by atoms with Gasteiger partial charge in [-0.1, -0.05) is 56.2 Å². The van der Waals surface area contributed by atoms with E-state index < -0.39 is 0 Å². The van der Waals surface area contributed by atoms with Crippen molar-refractivity contribution >= 4 is 43.7 Å². The average Bonchev–Trinajstić information content (AvgIpc) is 3.20. The lowest BCUT2D eigenvalue weighted by Crippen LogP contribution is -1.87. The van der Waals surface area contributed by atoms with Crippen molar-refractivity contribution in [1.82, 2.24) is 4.98 Å². The average molecular weight is 327 g/mol. The molecule has 0 aliphatic rings. The molecule has 0 amide bonds. The quantitative estimate of drug-likeness (QED) is 0.355. The van der Waals surface area contributed by atoms with Gasteiger partial charge in [-0.05, 0) is 36.6 Å². The monoisotopic (exact) mass is 327 g/mol. The molecule has 0 fully saturated rings. The molecule has 0 saturated heterocycles. The summed E-state index contributed by atoms with van der Waals surface area (Å²) in [5.41, 5.74) is 5.74. The second kappa shape index (κ2) is 5.66. The maximum atomic E-state index is 6.30. The van der Waals surface area contributed by atoms with Crippen molar-refractivity contribution in [2.75, 3.05) is 0 Å². The predicted octanol–water partition coefficient (Wildman–Crippen LogP) is 6.95. The Hall–Kier alpha value is -2.74. The first-order valence-electron chi connectivity index (χ1n) is 9.20. The number of rotatable bonds is 4. The van der Waals surface area contributed by atoms with Gasteiger partial charge in [-0.25, -0.2) is 0 Å². The molecule has 0 bridgehead atoms. The van der Waals surface area contributed by atoms with Crippen LogP contribution in [0.2, 0.25) is 0 Å². The molecule has 2 heterocycles. The molecular weight excluding hydrogens is 306 g/mol. The Balaban J connectivity index is 1.91. The van der Waals surface area contributed by atoms with Gasteiger partial charge in [-0.2, -0.15) is 0 Å². The number of aromatic amines is 1. The Kier molecular flexibility index (Phi) is 3.30. The smallest absolute Gasteiger partial charge is 0.140 e. The second-order valence-electron chi connectivity index (χ2n) is 6.89. The maximum absolute atomic E-state index is 6.30. The van der Waals surface area contributed by atoms with Gasteiger partial charge in [0.25, 0.3) is 0 Å². The summed E-state index contributed by atoms with van der Waals surface area (Å²) in [4.78, 5) is 3.63. The van der Waals surface area contributed by atoms with Gasteiger partial charge < -0.3 is 9.40 Å². The highest BCUT2D eigenvalue weighted by Gasteiger charge is 2.17. The van der Waals surface area contributed by atoms with Crippen LogP contribution in [0.15, 0.2) is 59.0 Å². The third kappa shape index (κ3) is 2.17. The first kappa shape index (κ1) is 14.6. The molecule has 0 aliphatic carbocycles.